The number of hydrogen-bond acceptors (Lipinski definition) is 5. The van der Waals surface area contributed by atoms with E-state index in [9.17, 15) is 14.7 Å². The predicted molar refractivity (Wildman–Crippen MR) is 115 cm³/mol. The van der Waals surface area contributed by atoms with Crippen LogP contribution in [0.3, 0.4) is 0 Å². The Morgan fingerprint density at radius 1 is 1.23 bits per heavy atom. The van der Waals surface area contributed by atoms with Gasteiger partial charge in [-0.05, 0) is 63.4 Å². The van der Waals surface area contributed by atoms with E-state index in [-0.39, 0.29) is 23.6 Å². The highest BCUT2D eigenvalue weighted by Crippen LogP contribution is 2.34. The highest BCUT2D eigenvalue weighted by molar-refractivity contribution is 5.97. The van der Waals surface area contributed by atoms with Crippen molar-refractivity contribution in [3.05, 3.63) is 42.2 Å². The van der Waals surface area contributed by atoms with E-state index in [1.54, 1.807) is 24.4 Å². The van der Waals surface area contributed by atoms with Crippen molar-refractivity contribution in [1.82, 2.24) is 10.3 Å². The molecule has 0 aliphatic carbocycles. The van der Waals surface area contributed by atoms with E-state index in [2.05, 4.69) is 15.6 Å². The van der Waals surface area contributed by atoms with Crippen LogP contribution in [0.5, 0.6) is 5.75 Å². The molecule has 2 atom stereocenters. The molecule has 2 unspecified atom stereocenters. The number of phenolic OH excluding ortho intramolecular Hbond substituents is 1. The SMILES string of the molecule is CC1CCCC(NC(=O)OC(C)(C)C)c2cc(ccn2)-c2ccc(O)cc2NC1=O. The van der Waals surface area contributed by atoms with Crippen molar-refractivity contribution in [1.29, 1.82) is 0 Å². The van der Waals surface area contributed by atoms with E-state index in [0.29, 0.717) is 18.5 Å². The largest absolute Gasteiger partial charge is 0.508 e. The summed E-state index contributed by atoms with van der Waals surface area (Å²) in [4.78, 5) is 29.5. The van der Waals surface area contributed by atoms with E-state index in [1.165, 1.54) is 0 Å². The first kappa shape index (κ1) is 21.6. The maximum Gasteiger partial charge on any atom is 0.408 e. The average molecular weight is 412 g/mol. The monoisotopic (exact) mass is 411 g/mol. The van der Waals surface area contributed by atoms with Gasteiger partial charge in [0.25, 0.3) is 0 Å². The quantitative estimate of drug-likeness (QED) is 0.627. The Morgan fingerprint density at radius 2 is 2.00 bits per heavy atom. The molecule has 7 heteroatoms. The minimum Gasteiger partial charge on any atom is -0.508 e. The first-order valence-corrected chi connectivity index (χ1v) is 10.2. The van der Waals surface area contributed by atoms with Gasteiger partial charge in [0.2, 0.25) is 5.91 Å². The van der Waals surface area contributed by atoms with E-state index < -0.39 is 11.7 Å². The lowest BCUT2D eigenvalue weighted by atomic mass is 9.95. The maximum absolute atomic E-state index is 12.6. The molecule has 0 spiro atoms. The summed E-state index contributed by atoms with van der Waals surface area (Å²) in [6, 6.07) is 8.28. The lowest BCUT2D eigenvalue weighted by Crippen LogP contribution is -2.35. The number of carbonyl (C=O) groups excluding carboxylic acids is 2. The van der Waals surface area contributed by atoms with Gasteiger partial charge in [0.05, 0.1) is 17.4 Å². The molecule has 1 aliphatic heterocycles. The minimum atomic E-state index is -0.599. The Labute approximate surface area is 176 Å². The number of alkyl carbamates (subject to hydrolysis) is 1. The number of anilines is 1. The van der Waals surface area contributed by atoms with Gasteiger partial charge in [0, 0.05) is 23.7 Å². The molecule has 2 bridgehead atoms. The van der Waals surface area contributed by atoms with Gasteiger partial charge >= 0.3 is 6.09 Å². The Kier molecular flexibility index (Phi) is 6.29. The number of carbonyl (C=O) groups is 2. The summed E-state index contributed by atoms with van der Waals surface area (Å²) in [5.41, 5.74) is 2.27. The molecule has 2 heterocycles. The normalized spacial score (nSPS) is 19.5. The molecule has 30 heavy (non-hydrogen) atoms. The van der Waals surface area contributed by atoms with Gasteiger partial charge in [-0.3, -0.25) is 9.78 Å². The molecule has 1 aliphatic rings. The van der Waals surface area contributed by atoms with Crippen LogP contribution in [0.2, 0.25) is 0 Å². The number of fused-ring (bicyclic) bond motifs is 4. The highest BCUT2D eigenvalue weighted by Gasteiger charge is 2.24. The Balaban J connectivity index is 2.00. The zero-order chi connectivity index (χ0) is 21.9. The van der Waals surface area contributed by atoms with Crippen molar-refractivity contribution in [3.8, 4) is 16.9 Å². The zero-order valence-electron chi connectivity index (χ0n) is 17.9. The third-order valence-corrected chi connectivity index (χ3v) is 4.98. The van der Waals surface area contributed by atoms with Crippen molar-refractivity contribution in [3.63, 3.8) is 0 Å². The Hall–Kier alpha value is -3.09. The summed E-state index contributed by atoms with van der Waals surface area (Å²) in [5, 5.41) is 15.8. The summed E-state index contributed by atoms with van der Waals surface area (Å²) in [7, 11) is 0. The van der Waals surface area contributed by atoms with Gasteiger partial charge in [-0.15, -0.1) is 0 Å². The minimum absolute atomic E-state index is 0.0764. The van der Waals surface area contributed by atoms with Crippen LogP contribution >= 0.6 is 0 Å². The molecule has 1 aromatic carbocycles. The van der Waals surface area contributed by atoms with E-state index in [1.807, 2.05) is 39.8 Å². The first-order chi connectivity index (χ1) is 14.1. The van der Waals surface area contributed by atoms with Gasteiger partial charge < -0.3 is 20.5 Å². The molecule has 0 saturated heterocycles. The van der Waals surface area contributed by atoms with Crippen LogP contribution in [0, 0.1) is 5.92 Å². The molecule has 3 N–H and O–H groups in total. The summed E-state index contributed by atoms with van der Waals surface area (Å²) in [5.74, 6) is -0.242. The second kappa shape index (κ2) is 8.73. The fourth-order valence-corrected chi connectivity index (χ4v) is 3.45. The third-order valence-electron chi connectivity index (χ3n) is 4.98. The Morgan fingerprint density at radius 3 is 2.73 bits per heavy atom. The van der Waals surface area contributed by atoms with Gasteiger partial charge in [0.15, 0.2) is 0 Å². The average Bonchev–Trinajstić information content (AvgIpc) is 2.65. The van der Waals surface area contributed by atoms with Crippen molar-refractivity contribution in [2.24, 2.45) is 5.92 Å². The van der Waals surface area contributed by atoms with Crippen molar-refractivity contribution < 1.29 is 19.4 Å². The van der Waals surface area contributed by atoms with Crippen molar-refractivity contribution in [2.45, 2.75) is 58.6 Å². The number of nitrogens with zero attached hydrogens (tertiary/aromatic N) is 1. The number of pyridine rings is 1. The molecular weight excluding hydrogens is 382 g/mol. The number of ether oxygens (including phenoxy) is 1. The van der Waals surface area contributed by atoms with Crippen LogP contribution in [0.4, 0.5) is 10.5 Å². The van der Waals surface area contributed by atoms with Gasteiger partial charge in [-0.2, -0.15) is 0 Å². The van der Waals surface area contributed by atoms with Gasteiger partial charge in [-0.25, -0.2) is 4.79 Å². The van der Waals surface area contributed by atoms with Crippen molar-refractivity contribution >= 4 is 17.7 Å². The molecule has 2 aromatic rings. The van der Waals surface area contributed by atoms with Crippen LogP contribution in [-0.4, -0.2) is 27.7 Å². The fourth-order valence-electron chi connectivity index (χ4n) is 3.45. The fraction of sp³-hybridized carbons (Fsp3) is 0.435. The third kappa shape index (κ3) is 5.49. The molecule has 1 aromatic heterocycles. The molecule has 160 valence electrons. The lowest BCUT2D eigenvalue weighted by Gasteiger charge is -2.25. The van der Waals surface area contributed by atoms with Crippen molar-refractivity contribution in [2.75, 3.05) is 5.32 Å². The lowest BCUT2D eigenvalue weighted by molar-refractivity contribution is -0.119. The number of nitrogens with one attached hydrogen (secondary N) is 2. The Bertz CT molecular complexity index is 936. The highest BCUT2D eigenvalue weighted by atomic mass is 16.6. The van der Waals surface area contributed by atoms with E-state index in [4.69, 9.17) is 4.74 Å². The van der Waals surface area contributed by atoms with Crippen LogP contribution in [0.1, 0.15) is 58.7 Å². The van der Waals surface area contributed by atoms with Crippen LogP contribution in [-0.2, 0) is 9.53 Å². The van der Waals surface area contributed by atoms with Gasteiger partial charge in [0.1, 0.15) is 11.4 Å². The number of amides is 2. The zero-order valence-corrected chi connectivity index (χ0v) is 17.9. The molecule has 2 amide bonds. The molecule has 0 radical (unpaired) electrons. The molecule has 7 nitrogen and oxygen atoms in total. The molecule has 0 saturated carbocycles. The number of aromatic hydroxyl groups is 1. The number of hydrogen-bond donors (Lipinski definition) is 3. The molecule has 0 fully saturated rings. The maximum atomic E-state index is 12.6. The van der Waals surface area contributed by atoms with E-state index >= 15 is 0 Å². The summed E-state index contributed by atoms with van der Waals surface area (Å²) < 4.78 is 5.42. The standard InChI is InChI=1S/C23H29N3O4/c1-14-6-5-7-18(26-22(29)30-23(2,3)4)20-12-15(10-11-24-20)17-9-8-16(27)13-19(17)25-21(14)28/h8-14,18,27H,5-7H2,1-4H3,(H,25,28)(H,26,29). The van der Waals surface area contributed by atoms with Gasteiger partial charge in [-0.1, -0.05) is 13.3 Å². The number of phenols is 1. The van der Waals surface area contributed by atoms with E-state index in [0.717, 1.165) is 23.2 Å². The summed E-state index contributed by atoms with van der Waals surface area (Å²) in [6.07, 6.45) is 3.21. The van der Waals surface area contributed by atoms with Crippen LogP contribution < -0.4 is 10.6 Å². The molecular formula is C23H29N3O4. The topological polar surface area (TPSA) is 101 Å². The number of rotatable bonds is 1. The predicted octanol–water partition coefficient (Wildman–Crippen LogP) is 4.78. The van der Waals surface area contributed by atoms with Crippen LogP contribution in [0.15, 0.2) is 36.5 Å². The number of aromatic nitrogens is 1. The summed E-state index contributed by atoms with van der Waals surface area (Å²) >= 11 is 0. The second-order valence-corrected chi connectivity index (χ2v) is 8.72. The first-order valence-electron chi connectivity index (χ1n) is 10.2. The molecule has 3 rings (SSSR count). The second-order valence-electron chi connectivity index (χ2n) is 8.72. The number of benzene rings is 1. The smallest absolute Gasteiger partial charge is 0.408 e. The van der Waals surface area contributed by atoms with Crippen LogP contribution in [0.25, 0.3) is 11.1 Å². The summed E-state index contributed by atoms with van der Waals surface area (Å²) in [6.45, 7) is 7.33.